The largest absolute Gasteiger partial charge is 0.454 e. The highest BCUT2D eigenvalue weighted by Crippen LogP contribution is 2.34. The maximum Gasteiger partial charge on any atom is 0.256 e. The van der Waals surface area contributed by atoms with Gasteiger partial charge in [-0.3, -0.25) is 9.59 Å². The second-order valence-corrected chi connectivity index (χ2v) is 9.28. The van der Waals surface area contributed by atoms with Crippen LogP contribution in [-0.4, -0.2) is 53.4 Å². The van der Waals surface area contributed by atoms with Gasteiger partial charge in [0.25, 0.3) is 5.91 Å². The number of carbonyl (C=O) groups excluding carboxylic acids is 2. The predicted molar refractivity (Wildman–Crippen MR) is 132 cm³/mol. The lowest BCUT2D eigenvalue weighted by Crippen LogP contribution is -2.46. The maximum absolute atomic E-state index is 13.5. The second-order valence-electron chi connectivity index (χ2n) is 8.32. The van der Waals surface area contributed by atoms with E-state index in [-0.39, 0.29) is 36.6 Å². The van der Waals surface area contributed by atoms with Crippen molar-refractivity contribution in [2.75, 3.05) is 31.0 Å². The molecule has 2 unspecified atom stereocenters. The van der Waals surface area contributed by atoms with E-state index in [1.807, 2.05) is 37.3 Å². The normalized spacial score (nSPS) is 18.8. The zero-order valence-corrected chi connectivity index (χ0v) is 20.0. The fraction of sp³-hybridized carbons (Fsp3) is 0.269. The van der Waals surface area contributed by atoms with Crippen LogP contribution >= 0.6 is 11.8 Å². The van der Waals surface area contributed by atoms with Gasteiger partial charge < -0.3 is 24.4 Å². The summed E-state index contributed by atoms with van der Waals surface area (Å²) >= 11 is 1.23. The van der Waals surface area contributed by atoms with Gasteiger partial charge in [-0.1, -0.05) is 42.1 Å². The van der Waals surface area contributed by atoms with Gasteiger partial charge >= 0.3 is 0 Å². The molecule has 0 aliphatic carbocycles. The molecule has 5 rings (SSSR count). The number of morpholine rings is 1. The Labute approximate surface area is 207 Å². The molecule has 1 saturated heterocycles. The number of carbonyl (C=O) groups is 2. The van der Waals surface area contributed by atoms with E-state index < -0.39 is 0 Å². The van der Waals surface area contributed by atoms with Crippen LogP contribution in [0.2, 0.25) is 0 Å². The van der Waals surface area contributed by atoms with Crippen molar-refractivity contribution in [3.63, 3.8) is 0 Å². The molecule has 2 aliphatic heterocycles. The molecule has 35 heavy (non-hydrogen) atoms. The monoisotopic (exact) mass is 491 g/mol. The molecule has 3 heterocycles. The van der Waals surface area contributed by atoms with Crippen molar-refractivity contribution in [2.24, 2.45) is 0 Å². The summed E-state index contributed by atoms with van der Waals surface area (Å²) in [5.74, 6) is 1.04. The first kappa shape index (κ1) is 23.2. The number of aromatic nitrogens is 1. The highest BCUT2D eigenvalue weighted by atomic mass is 32.2. The number of hydrogen-bond acceptors (Lipinski definition) is 7. The number of nitrogens with one attached hydrogen (secondary N) is 1. The van der Waals surface area contributed by atoms with Gasteiger partial charge in [0.2, 0.25) is 12.7 Å². The van der Waals surface area contributed by atoms with Gasteiger partial charge in [-0.2, -0.15) is 0 Å². The van der Waals surface area contributed by atoms with Crippen molar-refractivity contribution < 1.29 is 23.8 Å². The maximum atomic E-state index is 13.5. The third-order valence-electron chi connectivity index (χ3n) is 5.72. The minimum atomic E-state index is -0.206. The molecule has 9 heteroatoms. The van der Waals surface area contributed by atoms with Gasteiger partial charge in [-0.05, 0) is 36.8 Å². The molecule has 3 aromatic rings. The quantitative estimate of drug-likeness (QED) is 0.518. The number of fused-ring (bicyclic) bond motifs is 1. The zero-order valence-electron chi connectivity index (χ0n) is 19.2. The number of hydrogen-bond donors (Lipinski definition) is 1. The van der Waals surface area contributed by atoms with E-state index in [9.17, 15) is 9.59 Å². The third kappa shape index (κ3) is 5.41. The Morgan fingerprint density at radius 3 is 2.74 bits per heavy atom. The molecule has 0 bridgehead atoms. The smallest absolute Gasteiger partial charge is 0.256 e. The molecule has 180 valence electrons. The van der Waals surface area contributed by atoms with Crippen molar-refractivity contribution in [1.29, 1.82) is 0 Å². The Bertz CT molecular complexity index is 1220. The summed E-state index contributed by atoms with van der Waals surface area (Å²) in [5.41, 5.74) is 2.14. The van der Waals surface area contributed by atoms with Gasteiger partial charge in [0, 0.05) is 24.5 Å². The summed E-state index contributed by atoms with van der Waals surface area (Å²) in [6, 6.07) is 18.6. The number of pyridine rings is 1. The number of rotatable bonds is 6. The van der Waals surface area contributed by atoms with Crippen molar-refractivity contribution >= 4 is 29.3 Å². The first-order valence-electron chi connectivity index (χ1n) is 11.3. The summed E-state index contributed by atoms with van der Waals surface area (Å²) in [6.45, 7) is 3.09. The minimum Gasteiger partial charge on any atom is -0.454 e. The van der Waals surface area contributed by atoms with E-state index in [0.717, 1.165) is 5.56 Å². The molecule has 0 spiro atoms. The number of ether oxygens (including phenoxy) is 3. The molecule has 0 saturated carbocycles. The Balaban J connectivity index is 1.24. The van der Waals surface area contributed by atoms with Crippen molar-refractivity contribution in [2.45, 2.75) is 24.2 Å². The van der Waals surface area contributed by atoms with Crippen LogP contribution in [0.15, 0.2) is 71.9 Å². The number of thioether (sulfide) groups is 1. The van der Waals surface area contributed by atoms with Crippen LogP contribution in [0.5, 0.6) is 11.5 Å². The van der Waals surface area contributed by atoms with E-state index in [4.69, 9.17) is 14.2 Å². The van der Waals surface area contributed by atoms with E-state index in [2.05, 4.69) is 10.3 Å². The molecule has 0 radical (unpaired) electrons. The summed E-state index contributed by atoms with van der Waals surface area (Å²) in [6.07, 6.45) is 1.34. The average Bonchev–Trinajstić information content (AvgIpc) is 3.35. The first-order chi connectivity index (χ1) is 17.1. The van der Waals surface area contributed by atoms with Crippen LogP contribution in [0.4, 0.5) is 5.69 Å². The Morgan fingerprint density at radius 2 is 1.89 bits per heavy atom. The lowest BCUT2D eigenvalue weighted by molar-refractivity contribution is -0.113. The Hall–Kier alpha value is -3.56. The van der Waals surface area contributed by atoms with E-state index in [1.54, 1.807) is 41.4 Å². The molecule has 2 aliphatic rings. The standard InChI is InChI=1S/C26H25N3O5S/c1-17-13-29(14-23(34-17)18-6-3-2-4-7-18)26(31)20-8-5-11-27-25(20)35-15-24(30)28-19-9-10-21-22(12-19)33-16-32-21/h2-12,17,23H,13-16H2,1H3,(H,28,30). The number of benzene rings is 2. The van der Waals surface area contributed by atoms with Crippen LogP contribution in [0.1, 0.15) is 28.9 Å². The highest BCUT2D eigenvalue weighted by Gasteiger charge is 2.31. The first-order valence-corrected chi connectivity index (χ1v) is 12.3. The molecular formula is C26H25N3O5S. The van der Waals surface area contributed by atoms with Crippen LogP contribution in [0.25, 0.3) is 0 Å². The number of nitrogens with zero attached hydrogens (tertiary/aromatic N) is 2. The summed E-state index contributed by atoms with van der Waals surface area (Å²) < 4.78 is 16.7. The third-order valence-corrected chi connectivity index (χ3v) is 6.72. The second kappa shape index (κ2) is 10.4. The van der Waals surface area contributed by atoms with Crippen molar-refractivity contribution in [1.82, 2.24) is 9.88 Å². The number of amides is 2. The van der Waals surface area contributed by atoms with Gasteiger partial charge in [0.15, 0.2) is 11.5 Å². The lowest BCUT2D eigenvalue weighted by Gasteiger charge is -2.37. The molecular weight excluding hydrogens is 466 g/mol. The van der Waals surface area contributed by atoms with E-state index in [1.165, 1.54) is 11.8 Å². The molecule has 2 aromatic carbocycles. The van der Waals surface area contributed by atoms with E-state index >= 15 is 0 Å². The number of anilines is 1. The predicted octanol–water partition coefficient (Wildman–Crippen LogP) is 4.14. The zero-order chi connectivity index (χ0) is 24.2. The topological polar surface area (TPSA) is 90.0 Å². The van der Waals surface area contributed by atoms with E-state index in [0.29, 0.717) is 40.9 Å². The highest BCUT2D eigenvalue weighted by molar-refractivity contribution is 8.00. The van der Waals surface area contributed by atoms with Gasteiger partial charge in [0.05, 0.1) is 24.0 Å². The summed E-state index contributed by atoms with van der Waals surface area (Å²) in [7, 11) is 0. The van der Waals surface area contributed by atoms with Crippen LogP contribution in [0, 0.1) is 0 Å². The Kier molecular flexibility index (Phi) is 6.87. The molecule has 8 nitrogen and oxygen atoms in total. The molecule has 2 amide bonds. The molecule has 1 aromatic heterocycles. The molecule has 1 N–H and O–H groups in total. The van der Waals surface area contributed by atoms with Crippen LogP contribution in [0.3, 0.4) is 0 Å². The SMILES string of the molecule is CC1CN(C(=O)c2cccnc2SCC(=O)Nc2ccc3c(c2)OCO3)CC(c2ccccc2)O1. The molecule has 2 atom stereocenters. The van der Waals surface area contributed by atoms with Gasteiger partial charge in [0.1, 0.15) is 11.1 Å². The van der Waals surface area contributed by atoms with Gasteiger partial charge in [-0.25, -0.2) is 4.98 Å². The van der Waals surface area contributed by atoms with Crippen LogP contribution < -0.4 is 14.8 Å². The molecule has 1 fully saturated rings. The van der Waals surface area contributed by atoms with Gasteiger partial charge in [-0.15, -0.1) is 0 Å². The minimum absolute atomic E-state index is 0.0989. The average molecular weight is 492 g/mol. The van der Waals surface area contributed by atoms with Crippen molar-refractivity contribution in [3.05, 3.63) is 78.0 Å². The summed E-state index contributed by atoms with van der Waals surface area (Å²) in [5, 5.41) is 3.37. The lowest BCUT2D eigenvalue weighted by atomic mass is 10.1. The van der Waals surface area contributed by atoms with Crippen molar-refractivity contribution in [3.8, 4) is 11.5 Å². The fourth-order valence-electron chi connectivity index (χ4n) is 4.11. The fourth-order valence-corrected chi connectivity index (χ4v) is 4.90. The summed E-state index contributed by atoms with van der Waals surface area (Å²) in [4.78, 5) is 32.2. The Morgan fingerprint density at radius 1 is 1.06 bits per heavy atom. The van der Waals surface area contributed by atoms with Crippen LogP contribution in [-0.2, 0) is 9.53 Å².